The molecule has 0 spiro atoms. The lowest BCUT2D eigenvalue weighted by Crippen LogP contribution is -2.03. The van der Waals surface area contributed by atoms with E-state index in [0.717, 1.165) is 23.8 Å². The van der Waals surface area contributed by atoms with Crippen molar-refractivity contribution in [2.24, 2.45) is 0 Å². The first-order valence-corrected chi connectivity index (χ1v) is 5.61. The molecule has 0 aliphatic carbocycles. The van der Waals surface area contributed by atoms with Gasteiger partial charge in [-0.25, -0.2) is 4.98 Å². The Bertz CT molecular complexity index is 442. The topological polar surface area (TPSA) is 47.0 Å². The Hall–Kier alpha value is -2.10. The quantitative estimate of drug-likeness (QED) is 0.855. The zero-order valence-electron chi connectivity index (χ0n) is 9.76. The van der Waals surface area contributed by atoms with Crippen LogP contribution in [0, 0.1) is 0 Å². The summed E-state index contributed by atoms with van der Waals surface area (Å²) >= 11 is 0. The number of hydrogen-bond acceptors (Lipinski definition) is 4. The molecule has 1 aromatic heterocycles. The maximum atomic E-state index is 5.57. The van der Waals surface area contributed by atoms with Crippen molar-refractivity contribution in [1.29, 1.82) is 0 Å². The third kappa shape index (κ3) is 3.45. The normalized spacial score (nSPS) is 9.94. The van der Waals surface area contributed by atoms with Crippen molar-refractivity contribution < 1.29 is 4.74 Å². The van der Waals surface area contributed by atoms with Gasteiger partial charge >= 0.3 is 0 Å². The van der Waals surface area contributed by atoms with E-state index in [0.29, 0.717) is 6.61 Å². The fraction of sp³-hybridized carbons (Fsp3) is 0.231. The third-order valence-electron chi connectivity index (χ3n) is 2.19. The highest BCUT2D eigenvalue weighted by molar-refractivity contribution is 5.30. The van der Waals surface area contributed by atoms with Crippen molar-refractivity contribution in [2.45, 2.75) is 13.5 Å². The van der Waals surface area contributed by atoms with Gasteiger partial charge in [0.05, 0.1) is 18.1 Å². The Labute approximate surface area is 101 Å². The van der Waals surface area contributed by atoms with Crippen LogP contribution in [0.5, 0.6) is 5.75 Å². The van der Waals surface area contributed by atoms with Crippen LogP contribution in [-0.4, -0.2) is 16.5 Å². The molecule has 4 nitrogen and oxygen atoms in total. The molecule has 88 valence electrons. The second-order valence-electron chi connectivity index (χ2n) is 3.53. The van der Waals surface area contributed by atoms with E-state index in [9.17, 15) is 0 Å². The maximum Gasteiger partial charge on any atom is 0.144 e. The van der Waals surface area contributed by atoms with Gasteiger partial charge in [-0.3, -0.25) is 4.98 Å². The first kappa shape index (κ1) is 11.4. The summed E-state index contributed by atoms with van der Waals surface area (Å²) in [5.41, 5.74) is 0.815. The standard InChI is InChI=1S/C13H15N3O/c1-2-14-13-9-15-11(8-16-13)10-17-12-6-4-3-5-7-12/h3-9H,2,10H2,1H3,(H,14,16). The Balaban J connectivity index is 1.91. The first-order chi connectivity index (χ1) is 8.38. The van der Waals surface area contributed by atoms with E-state index in [4.69, 9.17) is 4.74 Å². The molecule has 0 saturated carbocycles. The van der Waals surface area contributed by atoms with Crippen LogP contribution in [0.4, 0.5) is 5.82 Å². The lowest BCUT2D eigenvalue weighted by molar-refractivity contribution is 0.301. The van der Waals surface area contributed by atoms with Crippen LogP contribution >= 0.6 is 0 Å². The minimum Gasteiger partial charge on any atom is -0.487 e. The minimum absolute atomic E-state index is 0.434. The number of benzene rings is 1. The molecular weight excluding hydrogens is 214 g/mol. The SMILES string of the molecule is CCNc1cnc(COc2ccccc2)cn1. The molecule has 0 bridgehead atoms. The molecule has 2 rings (SSSR count). The minimum atomic E-state index is 0.434. The molecule has 2 aromatic rings. The zero-order valence-corrected chi connectivity index (χ0v) is 9.76. The van der Waals surface area contributed by atoms with E-state index in [1.54, 1.807) is 12.4 Å². The molecule has 0 atom stereocenters. The highest BCUT2D eigenvalue weighted by Gasteiger charge is 1.98. The molecule has 1 N–H and O–H groups in total. The average Bonchev–Trinajstić information content (AvgIpc) is 2.40. The lowest BCUT2D eigenvalue weighted by atomic mass is 10.3. The van der Waals surface area contributed by atoms with Crippen LogP contribution in [0.1, 0.15) is 12.6 Å². The maximum absolute atomic E-state index is 5.57. The van der Waals surface area contributed by atoms with Gasteiger partial charge < -0.3 is 10.1 Å². The number of nitrogens with zero attached hydrogens (tertiary/aromatic N) is 2. The molecule has 1 heterocycles. The summed E-state index contributed by atoms with van der Waals surface area (Å²) < 4.78 is 5.57. The molecule has 0 aliphatic heterocycles. The van der Waals surface area contributed by atoms with Crippen molar-refractivity contribution in [3.05, 3.63) is 48.4 Å². The number of para-hydroxylation sites is 1. The van der Waals surface area contributed by atoms with E-state index in [2.05, 4.69) is 15.3 Å². The van der Waals surface area contributed by atoms with Gasteiger partial charge in [-0.1, -0.05) is 18.2 Å². The summed E-state index contributed by atoms with van der Waals surface area (Å²) in [6.07, 6.45) is 3.44. The van der Waals surface area contributed by atoms with Crippen LogP contribution in [0.25, 0.3) is 0 Å². The number of nitrogens with one attached hydrogen (secondary N) is 1. The molecule has 0 unspecified atom stereocenters. The highest BCUT2D eigenvalue weighted by atomic mass is 16.5. The summed E-state index contributed by atoms with van der Waals surface area (Å²) in [7, 11) is 0. The van der Waals surface area contributed by atoms with E-state index in [1.807, 2.05) is 37.3 Å². The molecule has 4 heteroatoms. The van der Waals surface area contributed by atoms with E-state index in [1.165, 1.54) is 0 Å². The molecule has 0 aliphatic rings. The van der Waals surface area contributed by atoms with Crippen LogP contribution < -0.4 is 10.1 Å². The smallest absolute Gasteiger partial charge is 0.144 e. The van der Waals surface area contributed by atoms with Gasteiger partial charge in [0, 0.05) is 6.54 Å². The van der Waals surface area contributed by atoms with E-state index >= 15 is 0 Å². The van der Waals surface area contributed by atoms with Crippen LogP contribution in [0.15, 0.2) is 42.7 Å². The molecule has 0 fully saturated rings. The summed E-state index contributed by atoms with van der Waals surface area (Å²) in [4.78, 5) is 8.49. The Morgan fingerprint density at radius 2 is 1.94 bits per heavy atom. The number of ether oxygens (including phenoxy) is 1. The average molecular weight is 229 g/mol. The van der Waals surface area contributed by atoms with Crippen molar-refractivity contribution >= 4 is 5.82 Å². The first-order valence-electron chi connectivity index (χ1n) is 5.61. The van der Waals surface area contributed by atoms with Gasteiger partial charge in [-0.15, -0.1) is 0 Å². The van der Waals surface area contributed by atoms with Crippen molar-refractivity contribution in [3.63, 3.8) is 0 Å². The monoisotopic (exact) mass is 229 g/mol. The van der Waals surface area contributed by atoms with Crippen molar-refractivity contribution in [2.75, 3.05) is 11.9 Å². The van der Waals surface area contributed by atoms with Crippen LogP contribution in [0.3, 0.4) is 0 Å². The van der Waals surface area contributed by atoms with Gasteiger partial charge in [0.1, 0.15) is 18.2 Å². The molecule has 0 radical (unpaired) electrons. The fourth-order valence-corrected chi connectivity index (χ4v) is 1.38. The number of anilines is 1. The van der Waals surface area contributed by atoms with Crippen molar-refractivity contribution in [1.82, 2.24) is 9.97 Å². The largest absolute Gasteiger partial charge is 0.487 e. The predicted octanol–water partition coefficient (Wildman–Crippen LogP) is 2.49. The van der Waals surface area contributed by atoms with Crippen molar-refractivity contribution in [3.8, 4) is 5.75 Å². The second-order valence-corrected chi connectivity index (χ2v) is 3.53. The molecule has 0 saturated heterocycles. The molecular formula is C13H15N3O. The van der Waals surface area contributed by atoms with E-state index < -0.39 is 0 Å². The van der Waals surface area contributed by atoms with Crippen LogP contribution in [-0.2, 0) is 6.61 Å². The Morgan fingerprint density at radius 3 is 2.59 bits per heavy atom. The van der Waals surface area contributed by atoms with Gasteiger partial charge in [-0.05, 0) is 19.1 Å². The van der Waals surface area contributed by atoms with Gasteiger partial charge in [-0.2, -0.15) is 0 Å². The number of rotatable bonds is 5. The second kappa shape index (κ2) is 5.84. The third-order valence-corrected chi connectivity index (χ3v) is 2.19. The predicted molar refractivity (Wildman–Crippen MR) is 67.0 cm³/mol. The van der Waals surface area contributed by atoms with Gasteiger partial charge in [0.2, 0.25) is 0 Å². The lowest BCUT2D eigenvalue weighted by Gasteiger charge is -2.06. The fourth-order valence-electron chi connectivity index (χ4n) is 1.38. The summed E-state index contributed by atoms with van der Waals surface area (Å²) in [5.74, 6) is 1.63. The summed E-state index contributed by atoms with van der Waals surface area (Å²) in [6.45, 7) is 3.30. The molecule has 17 heavy (non-hydrogen) atoms. The highest BCUT2D eigenvalue weighted by Crippen LogP contribution is 2.10. The zero-order chi connectivity index (χ0) is 11.9. The summed E-state index contributed by atoms with van der Waals surface area (Å²) in [5, 5.41) is 3.09. The Morgan fingerprint density at radius 1 is 1.12 bits per heavy atom. The van der Waals surface area contributed by atoms with Gasteiger partial charge in [0.15, 0.2) is 0 Å². The summed E-state index contributed by atoms with van der Waals surface area (Å²) in [6, 6.07) is 9.67. The Kier molecular flexibility index (Phi) is 3.91. The molecule has 0 amide bonds. The number of hydrogen-bond donors (Lipinski definition) is 1. The van der Waals surface area contributed by atoms with Gasteiger partial charge in [0.25, 0.3) is 0 Å². The molecule has 1 aromatic carbocycles. The van der Waals surface area contributed by atoms with Crippen LogP contribution in [0.2, 0.25) is 0 Å². The number of aromatic nitrogens is 2. The van der Waals surface area contributed by atoms with E-state index in [-0.39, 0.29) is 0 Å².